The monoisotopic (exact) mass is 476 g/mol. The fourth-order valence-corrected chi connectivity index (χ4v) is 4.47. The topological polar surface area (TPSA) is 77.9 Å². The Morgan fingerprint density at radius 1 is 1.23 bits per heavy atom. The molecule has 2 aromatic rings. The molecule has 7 heteroatoms. The molecule has 1 aromatic heterocycles. The average molecular weight is 477 g/mol. The van der Waals surface area contributed by atoms with E-state index < -0.39 is 5.60 Å². The number of anilines is 2. The van der Waals surface area contributed by atoms with Crippen LogP contribution in [0.1, 0.15) is 44.9 Å². The Bertz CT molecular complexity index is 1120. The SMILES string of the molecule is CC[C@@H]1CCN(C(=O)Nc2ccc(C)c(-c3cc(C#CC(C)(C)O)nc(N4CCOCC4)c3)c2)C1. The Balaban J connectivity index is 1.65. The molecule has 0 saturated carbocycles. The molecule has 2 amide bonds. The van der Waals surface area contributed by atoms with Crippen LogP contribution in [0, 0.1) is 24.7 Å². The van der Waals surface area contributed by atoms with Gasteiger partial charge in [0.25, 0.3) is 0 Å². The van der Waals surface area contributed by atoms with E-state index in [9.17, 15) is 9.90 Å². The molecule has 1 atom stereocenters. The Hall–Kier alpha value is -3.08. The lowest BCUT2D eigenvalue weighted by molar-refractivity contribution is 0.122. The second kappa shape index (κ2) is 10.7. The van der Waals surface area contributed by atoms with Crippen LogP contribution in [0.3, 0.4) is 0 Å². The Morgan fingerprint density at radius 2 is 2.00 bits per heavy atom. The van der Waals surface area contributed by atoms with Crippen LogP contribution in [0.4, 0.5) is 16.3 Å². The normalized spacial score (nSPS) is 18.3. The summed E-state index contributed by atoms with van der Waals surface area (Å²) in [6.45, 7) is 12.0. The lowest BCUT2D eigenvalue weighted by Crippen LogP contribution is -2.36. The number of amides is 2. The number of hydrogen-bond donors (Lipinski definition) is 2. The van der Waals surface area contributed by atoms with Crippen LogP contribution in [-0.4, -0.2) is 66.0 Å². The van der Waals surface area contributed by atoms with Crippen molar-refractivity contribution >= 4 is 17.5 Å². The molecule has 2 aliphatic rings. The third kappa shape index (κ3) is 6.53. The van der Waals surface area contributed by atoms with Crippen molar-refractivity contribution in [2.75, 3.05) is 49.6 Å². The summed E-state index contributed by atoms with van der Waals surface area (Å²) in [7, 11) is 0. The predicted molar refractivity (Wildman–Crippen MR) is 140 cm³/mol. The van der Waals surface area contributed by atoms with Gasteiger partial charge in [0.15, 0.2) is 0 Å². The lowest BCUT2D eigenvalue weighted by atomic mass is 9.99. The van der Waals surface area contributed by atoms with E-state index in [-0.39, 0.29) is 6.03 Å². The van der Waals surface area contributed by atoms with E-state index in [1.165, 1.54) is 0 Å². The minimum atomic E-state index is -1.11. The molecule has 2 N–H and O–H groups in total. The van der Waals surface area contributed by atoms with Crippen LogP contribution in [0.5, 0.6) is 0 Å². The second-order valence-corrected chi connectivity index (χ2v) is 9.98. The van der Waals surface area contributed by atoms with Gasteiger partial charge in [-0.15, -0.1) is 0 Å². The van der Waals surface area contributed by atoms with Gasteiger partial charge in [-0.2, -0.15) is 0 Å². The van der Waals surface area contributed by atoms with Gasteiger partial charge in [-0.3, -0.25) is 0 Å². The van der Waals surface area contributed by atoms with Crippen LogP contribution in [0.25, 0.3) is 11.1 Å². The smallest absolute Gasteiger partial charge is 0.321 e. The van der Waals surface area contributed by atoms with E-state index in [4.69, 9.17) is 9.72 Å². The van der Waals surface area contributed by atoms with Crippen molar-refractivity contribution in [2.24, 2.45) is 5.92 Å². The second-order valence-electron chi connectivity index (χ2n) is 9.98. The molecule has 0 spiro atoms. The van der Waals surface area contributed by atoms with Crippen molar-refractivity contribution < 1.29 is 14.6 Å². The summed E-state index contributed by atoms with van der Waals surface area (Å²) < 4.78 is 5.51. The number of benzene rings is 1. The maximum absolute atomic E-state index is 12.8. The molecule has 3 heterocycles. The molecular weight excluding hydrogens is 440 g/mol. The highest BCUT2D eigenvalue weighted by molar-refractivity contribution is 5.90. The van der Waals surface area contributed by atoms with Gasteiger partial charge < -0.3 is 25.0 Å². The van der Waals surface area contributed by atoms with Crippen LogP contribution in [0.15, 0.2) is 30.3 Å². The molecule has 35 heavy (non-hydrogen) atoms. The Morgan fingerprint density at radius 3 is 2.69 bits per heavy atom. The number of urea groups is 1. The van der Waals surface area contributed by atoms with Crippen molar-refractivity contribution in [1.82, 2.24) is 9.88 Å². The molecular formula is C28H36N4O3. The third-order valence-electron chi connectivity index (χ3n) is 6.59. The maximum Gasteiger partial charge on any atom is 0.321 e. The first-order valence-corrected chi connectivity index (χ1v) is 12.5. The third-order valence-corrected chi connectivity index (χ3v) is 6.59. The van der Waals surface area contributed by atoms with Crippen molar-refractivity contribution in [1.29, 1.82) is 0 Å². The van der Waals surface area contributed by atoms with Gasteiger partial charge in [0.05, 0.1) is 13.2 Å². The fourth-order valence-electron chi connectivity index (χ4n) is 4.47. The van der Waals surface area contributed by atoms with Crippen molar-refractivity contribution in [3.8, 4) is 23.0 Å². The number of nitrogens with zero attached hydrogens (tertiary/aromatic N) is 3. The van der Waals surface area contributed by atoms with Gasteiger partial charge in [-0.1, -0.05) is 25.3 Å². The minimum absolute atomic E-state index is 0.0452. The van der Waals surface area contributed by atoms with Crippen molar-refractivity contribution in [3.63, 3.8) is 0 Å². The molecule has 7 nitrogen and oxygen atoms in total. The number of likely N-dealkylation sites (tertiary alicyclic amines) is 1. The molecule has 186 valence electrons. The first kappa shape index (κ1) is 25.0. The average Bonchev–Trinajstić information content (AvgIpc) is 3.33. The first-order valence-electron chi connectivity index (χ1n) is 12.5. The van der Waals surface area contributed by atoms with Gasteiger partial charge in [0, 0.05) is 31.9 Å². The molecule has 2 fully saturated rings. The van der Waals surface area contributed by atoms with E-state index in [1.54, 1.807) is 13.8 Å². The molecule has 1 aromatic carbocycles. The van der Waals surface area contributed by atoms with E-state index in [2.05, 4.69) is 42.0 Å². The van der Waals surface area contributed by atoms with Crippen LogP contribution >= 0.6 is 0 Å². The van der Waals surface area contributed by atoms with Crippen molar-refractivity contribution in [2.45, 2.75) is 46.1 Å². The largest absolute Gasteiger partial charge is 0.378 e. The fraction of sp³-hybridized carbons (Fsp3) is 0.500. The molecule has 0 radical (unpaired) electrons. The van der Waals surface area contributed by atoms with Gasteiger partial charge in [0.2, 0.25) is 0 Å². The summed E-state index contributed by atoms with van der Waals surface area (Å²) in [6.07, 6.45) is 2.17. The summed E-state index contributed by atoms with van der Waals surface area (Å²) in [5.74, 6) is 7.34. The minimum Gasteiger partial charge on any atom is -0.378 e. The van der Waals surface area contributed by atoms with Crippen molar-refractivity contribution in [3.05, 3.63) is 41.6 Å². The summed E-state index contributed by atoms with van der Waals surface area (Å²) >= 11 is 0. The maximum atomic E-state index is 12.8. The molecule has 2 aliphatic heterocycles. The van der Waals surface area contributed by atoms with Crippen LogP contribution < -0.4 is 10.2 Å². The number of hydrogen-bond acceptors (Lipinski definition) is 5. The highest BCUT2D eigenvalue weighted by Crippen LogP contribution is 2.30. The van der Waals surface area contributed by atoms with Gasteiger partial charge in [-0.05, 0) is 80.0 Å². The molecule has 4 rings (SSSR count). The number of carbonyl (C=O) groups is 1. The number of ether oxygens (including phenoxy) is 1. The van der Waals surface area contributed by atoms with E-state index in [0.29, 0.717) is 24.8 Å². The van der Waals surface area contributed by atoms with E-state index in [0.717, 1.165) is 67.2 Å². The molecule has 0 bridgehead atoms. The van der Waals surface area contributed by atoms with Gasteiger partial charge in [0.1, 0.15) is 17.1 Å². The highest BCUT2D eigenvalue weighted by Gasteiger charge is 2.25. The molecule has 2 saturated heterocycles. The number of rotatable bonds is 4. The zero-order valence-electron chi connectivity index (χ0n) is 21.2. The Labute approximate surface area is 208 Å². The quantitative estimate of drug-likeness (QED) is 0.644. The van der Waals surface area contributed by atoms with E-state index >= 15 is 0 Å². The van der Waals surface area contributed by atoms with Gasteiger partial charge >= 0.3 is 6.03 Å². The number of carbonyl (C=O) groups excluding carboxylic acids is 1. The highest BCUT2D eigenvalue weighted by atomic mass is 16.5. The first-order chi connectivity index (χ1) is 16.7. The number of morpholine rings is 1. The predicted octanol–water partition coefficient (Wildman–Crippen LogP) is 4.28. The van der Waals surface area contributed by atoms with Crippen LogP contribution in [-0.2, 0) is 4.74 Å². The van der Waals surface area contributed by atoms with Gasteiger partial charge in [-0.25, -0.2) is 9.78 Å². The number of aromatic nitrogens is 1. The summed E-state index contributed by atoms with van der Waals surface area (Å²) in [6, 6.07) is 9.97. The standard InChI is InChI=1S/C28H36N4O3/c1-5-21-9-11-32(19-21)27(33)30-23-7-6-20(2)25(18-23)22-16-24(8-10-28(3,4)34)29-26(17-22)31-12-14-35-15-13-31/h6-7,16-18,21,34H,5,9,11-15,19H2,1-4H3,(H,30,33)/t21-/m1/s1. The summed E-state index contributed by atoms with van der Waals surface area (Å²) in [5, 5.41) is 13.2. The summed E-state index contributed by atoms with van der Waals surface area (Å²) in [4.78, 5) is 21.7. The van der Waals surface area contributed by atoms with E-state index in [1.807, 2.05) is 29.2 Å². The number of aryl methyl sites for hydroxylation is 1. The summed E-state index contributed by atoms with van der Waals surface area (Å²) in [5.41, 5.74) is 3.34. The van der Waals surface area contributed by atoms with Crippen LogP contribution in [0.2, 0.25) is 0 Å². The zero-order chi connectivity index (χ0) is 25.0. The zero-order valence-corrected chi connectivity index (χ0v) is 21.2. The Kier molecular flexibility index (Phi) is 7.63. The number of pyridine rings is 1. The number of nitrogens with one attached hydrogen (secondary N) is 1. The number of aliphatic hydroxyl groups is 1. The molecule has 0 aliphatic carbocycles. The molecule has 0 unspecified atom stereocenters. The lowest BCUT2D eigenvalue weighted by Gasteiger charge is -2.28.